The predicted octanol–water partition coefficient (Wildman–Crippen LogP) is 1.77. The monoisotopic (exact) mass is 384 g/mol. The van der Waals surface area contributed by atoms with Crippen LogP contribution in [0.5, 0.6) is 11.5 Å². The lowest BCUT2D eigenvalue weighted by Gasteiger charge is -2.28. The van der Waals surface area contributed by atoms with Crippen LogP contribution in [0.1, 0.15) is 5.56 Å². The summed E-state index contributed by atoms with van der Waals surface area (Å²) < 4.78 is 15.5. The number of amides is 2. The zero-order valence-electron chi connectivity index (χ0n) is 15.6. The van der Waals surface area contributed by atoms with Gasteiger partial charge in [0.2, 0.25) is 5.91 Å². The molecule has 0 saturated heterocycles. The quantitative estimate of drug-likeness (QED) is 0.763. The van der Waals surface area contributed by atoms with E-state index in [0.29, 0.717) is 28.4 Å². The highest BCUT2D eigenvalue weighted by molar-refractivity contribution is 6.10. The van der Waals surface area contributed by atoms with Gasteiger partial charge >= 0.3 is 5.97 Å². The van der Waals surface area contributed by atoms with Crippen LogP contribution in [0.15, 0.2) is 42.5 Å². The molecule has 3 rings (SSSR count). The Morgan fingerprint density at radius 3 is 2.57 bits per heavy atom. The van der Waals surface area contributed by atoms with Crippen molar-refractivity contribution in [3.05, 3.63) is 48.0 Å². The molecule has 146 valence electrons. The summed E-state index contributed by atoms with van der Waals surface area (Å²) in [5.41, 5.74) is 1.78. The highest BCUT2D eigenvalue weighted by Crippen LogP contribution is 2.29. The van der Waals surface area contributed by atoms with Gasteiger partial charge in [0.1, 0.15) is 6.54 Å². The van der Waals surface area contributed by atoms with Crippen molar-refractivity contribution in [2.45, 2.75) is 6.42 Å². The Hall–Kier alpha value is -3.55. The van der Waals surface area contributed by atoms with E-state index in [0.717, 1.165) is 0 Å². The Balaban J connectivity index is 1.61. The molecule has 2 aromatic rings. The van der Waals surface area contributed by atoms with Crippen molar-refractivity contribution in [2.24, 2.45) is 0 Å². The summed E-state index contributed by atoms with van der Waals surface area (Å²) in [6, 6.07) is 12.0. The number of rotatable bonds is 6. The van der Waals surface area contributed by atoms with Gasteiger partial charge in [0, 0.05) is 0 Å². The van der Waals surface area contributed by atoms with Crippen LogP contribution in [0.3, 0.4) is 0 Å². The van der Waals surface area contributed by atoms with E-state index < -0.39 is 18.5 Å². The van der Waals surface area contributed by atoms with Crippen LogP contribution in [0.2, 0.25) is 0 Å². The molecule has 8 nitrogen and oxygen atoms in total. The molecule has 0 atom stereocenters. The van der Waals surface area contributed by atoms with Gasteiger partial charge in [0.15, 0.2) is 18.1 Å². The van der Waals surface area contributed by atoms with Gasteiger partial charge in [0.05, 0.1) is 32.0 Å². The Labute approximate surface area is 162 Å². The highest BCUT2D eigenvalue weighted by Gasteiger charge is 2.27. The number of hydrogen-bond donors (Lipinski definition) is 1. The number of fused-ring (bicyclic) bond motifs is 1. The van der Waals surface area contributed by atoms with Crippen LogP contribution in [-0.4, -0.2) is 45.2 Å². The fourth-order valence-corrected chi connectivity index (χ4v) is 2.88. The van der Waals surface area contributed by atoms with Crippen molar-refractivity contribution < 1.29 is 28.6 Å². The first-order chi connectivity index (χ1) is 13.5. The molecule has 2 amide bonds. The molecule has 1 N–H and O–H groups in total. The molecule has 8 heteroatoms. The van der Waals surface area contributed by atoms with Crippen LogP contribution in [0.25, 0.3) is 0 Å². The van der Waals surface area contributed by atoms with E-state index >= 15 is 0 Å². The smallest absolute Gasteiger partial charge is 0.310 e. The second kappa shape index (κ2) is 8.43. The minimum absolute atomic E-state index is 0.0231. The third-order valence-electron chi connectivity index (χ3n) is 4.22. The van der Waals surface area contributed by atoms with Crippen LogP contribution in [0, 0.1) is 0 Å². The zero-order valence-corrected chi connectivity index (χ0v) is 15.6. The van der Waals surface area contributed by atoms with E-state index in [1.54, 1.807) is 42.5 Å². The summed E-state index contributed by atoms with van der Waals surface area (Å²) in [6.07, 6.45) is -0.0231. The van der Waals surface area contributed by atoms with Gasteiger partial charge in [-0.05, 0) is 29.8 Å². The number of para-hydroxylation sites is 2. The lowest BCUT2D eigenvalue weighted by molar-refractivity contribution is -0.147. The van der Waals surface area contributed by atoms with Crippen molar-refractivity contribution >= 4 is 29.2 Å². The number of anilines is 2. The molecule has 0 bridgehead atoms. The van der Waals surface area contributed by atoms with E-state index in [2.05, 4.69) is 5.32 Å². The largest absolute Gasteiger partial charge is 0.493 e. The third-order valence-corrected chi connectivity index (χ3v) is 4.22. The van der Waals surface area contributed by atoms with Gasteiger partial charge in [-0.25, -0.2) is 0 Å². The maximum Gasteiger partial charge on any atom is 0.310 e. The standard InChI is InChI=1S/C20H20N2O6/c1-26-16-8-7-13(9-17(16)27-2)10-20(25)28-12-19(24)22-11-18(23)21-14-5-3-4-6-15(14)22/h3-9H,10-12H2,1-2H3,(H,21,23). The van der Waals surface area contributed by atoms with Gasteiger partial charge in [-0.2, -0.15) is 0 Å². The third kappa shape index (κ3) is 4.22. The molecule has 2 aromatic carbocycles. The number of nitrogens with zero attached hydrogens (tertiary/aromatic N) is 1. The number of methoxy groups -OCH3 is 2. The van der Waals surface area contributed by atoms with Gasteiger partial charge in [-0.15, -0.1) is 0 Å². The number of carbonyl (C=O) groups is 3. The molecule has 1 aliphatic heterocycles. The SMILES string of the molecule is COc1ccc(CC(=O)OCC(=O)N2CC(=O)Nc3ccccc32)cc1OC. The summed E-state index contributed by atoms with van der Waals surface area (Å²) in [7, 11) is 3.03. The topological polar surface area (TPSA) is 94.2 Å². The minimum atomic E-state index is -0.560. The van der Waals surface area contributed by atoms with Crippen LogP contribution in [0.4, 0.5) is 11.4 Å². The van der Waals surface area contributed by atoms with Crippen molar-refractivity contribution in [3.63, 3.8) is 0 Å². The molecule has 0 saturated carbocycles. The molecule has 1 aliphatic rings. The van der Waals surface area contributed by atoms with E-state index in [-0.39, 0.29) is 18.9 Å². The van der Waals surface area contributed by atoms with Crippen molar-refractivity contribution in [1.82, 2.24) is 0 Å². The van der Waals surface area contributed by atoms with Gasteiger partial charge in [0.25, 0.3) is 5.91 Å². The second-order valence-corrected chi connectivity index (χ2v) is 6.07. The van der Waals surface area contributed by atoms with Gasteiger partial charge in [-0.3, -0.25) is 19.3 Å². The van der Waals surface area contributed by atoms with Crippen LogP contribution in [-0.2, 0) is 25.5 Å². The number of ether oxygens (including phenoxy) is 3. The normalized spacial score (nSPS) is 12.6. The maximum absolute atomic E-state index is 12.5. The average molecular weight is 384 g/mol. The fourth-order valence-electron chi connectivity index (χ4n) is 2.88. The van der Waals surface area contributed by atoms with E-state index in [1.807, 2.05) is 0 Å². The van der Waals surface area contributed by atoms with E-state index in [1.165, 1.54) is 19.1 Å². The van der Waals surface area contributed by atoms with Gasteiger partial charge < -0.3 is 19.5 Å². The molecular weight excluding hydrogens is 364 g/mol. The molecular formula is C20H20N2O6. The summed E-state index contributed by atoms with van der Waals surface area (Å²) in [5.74, 6) is -0.279. The number of benzene rings is 2. The molecule has 0 radical (unpaired) electrons. The fraction of sp³-hybridized carbons (Fsp3) is 0.250. The lowest BCUT2D eigenvalue weighted by atomic mass is 10.1. The first kappa shape index (κ1) is 19.2. The highest BCUT2D eigenvalue weighted by atomic mass is 16.5. The Morgan fingerprint density at radius 1 is 1.07 bits per heavy atom. The summed E-state index contributed by atoms with van der Waals surface area (Å²) in [6.45, 7) is -0.573. The number of hydrogen-bond acceptors (Lipinski definition) is 6. The maximum atomic E-state index is 12.5. The first-order valence-electron chi connectivity index (χ1n) is 8.57. The molecule has 0 fully saturated rings. The average Bonchev–Trinajstić information content (AvgIpc) is 2.71. The van der Waals surface area contributed by atoms with E-state index in [9.17, 15) is 14.4 Å². The zero-order chi connectivity index (χ0) is 20.1. The lowest BCUT2D eigenvalue weighted by Crippen LogP contribution is -2.44. The molecule has 0 aromatic heterocycles. The van der Waals surface area contributed by atoms with Crippen molar-refractivity contribution in [1.29, 1.82) is 0 Å². The first-order valence-corrected chi connectivity index (χ1v) is 8.57. The molecule has 1 heterocycles. The molecule has 0 unspecified atom stereocenters. The number of carbonyl (C=O) groups excluding carboxylic acids is 3. The van der Waals surface area contributed by atoms with Crippen molar-refractivity contribution in [2.75, 3.05) is 37.6 Å². The number of esters is 1. The summed E-state index contributed by atoms with van der Waals surface area (Å²) in [5, 5.41) is 2.70. The summed E-state index contributed by atoms with van der Waals surface area (Å²) >= 11 is 0. The van der Waals surface area contributed by atoms with Crippen molar-refractivity contribution in [3.8, 4) is 11.5 Å². The second-order valence-electron chi connectivity index (χ2n) is 6.07. The molecule has 0 aliphatic carbocycles. The predicted molar refractivity (Wildman–Crippen MR) is 102 cm³/mol. The molecule has 0 spiro atoms. The summed E-state index contributed by atoms with van der Waals surface area (Å²) in [4.78, 5) is 37.7. The van der Waals surface area contributed by atoms with Crippen LogP contribution < -0.4 is 19.7 Å². The Morgan fingerprint density at radius 2 is 1.82 bits per heavy atom. The van der Waals surface area contributed by atoms with Crippen LogP contribution >= 0.6 is 0 Å². The van der Waals surface area contributed by atoms with E-state index in [4.69, 9.17) is 14.2 Å². The van der Waals surface area contributed by atoms with Gasteiger partial charge in [-0.1, -0.05) is 18.2 Å². The molecule has 28 heavy (non-hydrogen) atoms. The minimum Gasteiger partial charge on any atom is -0.493 e. The number of nitrogens with one attached hydrogen (secondary N) is 1. The Bertz CT molecular complexity index is 911. The Kier molecular flexibility index (Phi) is 5.78.